The van der Waals surface area contributed by atoms with E-state index in [1.165, 1.54) is 0 Å². The number of carboxylic acids is 1. The lowest BCUT2D eigenvalue weighted by molar-refractivity contribution is -0.136. The van der Waals surface area contributed by atoms with Crippen molar-refractivity contribution in [3.8, 4) is 5.75 Å². The Hall–Kier alpha value is -3.12. The lowest BCUT2D eigenvalue weighted by Gasteiger charge is -2.10. The van der Waals surface area contributed by atoms with Crippen LogP contribution < -0.4 is 4.74 Å². The van der Waals surface area contributed by atoms with E-state index in [4.69, 9.17) is 14.6 Å². The maximum absolute atomic E-state index is 13.1. The fraction of sp³-hybridized carbons (Fsp3) is 0.333. The third kappa shape index (κ3) is 5.07. The van der Waals surface area contributed by atoms with Crippen LogP contribution in [0.2, 0.25) is 0 Å². The number of aryl methyl sites for hydroxylation is 1. The quantitative estimate of drug-likeness (QED) is 0.533. The Bertz CT molecular complexity index is 1030. The minimum Gasteiger partial charge on any atom is -0.491 e. The van der Waals surface area contributed by atoms with Gasteiger partial charge in [0.2, 0.25) is 0 Å². The van der Waals surface area contributed by atoms with E-state index in [1.807, 2.05) is 19.1 Å². The molecule has 0 amide bonds. The molecule has 0 aliphatic carbocycles. The lowest BCUT2D eigenvalue weighted by atomic mass is 10.1. The van der Waals surface area contributed by atoms with Crippen molar-refractivity contribution in [2.24, 2.45) is 5.92 Å². The molecule has 1 N–H and O–H groups in total. The summed E-state index contributed by atoms with van der Waals surface area (Å²) in [6.45, 7) is 7.71. The third-order valence-corrected chi connectivity index (χ3v) is 4.71. The summed E-state index contributed by atoms with van der Waals surface area (Å²) in [6, 6.07) is 14.3. The minimum absolute atomic E-state index is 0.0814. The van der Waals surface area contributed by atoms with Crippen molar-refractivity contribution in [2.75, 3.05) is 19.8 Å². The predicted octanol–water partition coefficient (Wildman–Crippen LogP) is 4.32. The second-order valence-corrected chi connectivity index (χ2v) is 7.69. The normalized spacial score (nSPS) is 11.2. The summed E-state index contributed by atoms with van der Waals surface area (Å²) in [7, 11) is 0. The van der Waals surface area contributed by atoms with Crippen LogP contribution in [0.15, 0.2) is 48.5 Å². The van der Waals surface area contributed by atoms with Gasteiger partial charge < -0.3 is 14.6 Å². The van der Waals surface area contributed by atoms with E-state index >= 15 is 0 Å². The number of carboxylic acid groups (broad SMARTS) is 1. The van der Waals surface area contributed by atoms with Gasteiger partial charge in [-0.05, 0) is 54.8 Å². The molecule has 6 heteroatoms. The summed E-state index contributed by atoms with van der Waals surface area (Å²) < 4.78 is 12.8. The van der Waals surface area contributed by atoms with Crippen LogP contribution in [0.1, 0.15) is 35.5 Å². The molecule has 1 aromatic heterocycles. The largest absolute Gasteiger partial charge is 0.491 e. The van der Waals surface area contributed by atoms with Crippen LogP contribution in [0.4, 0.5) is 0 Å². The second kappa shape index (κ2) is 9.59. The first-order valence-corrected chi connectivity index (χ1v) is 10.0. The van der Waals surface area contributed by atoms with Gasteiger partial charge in [0, 0.05) is 23.3 Å². The first-order chi connectivity index (χ1) is 14.4. The molecule has 0 aliphatic rings. The first kappa shape index (κ1) is 21.6. The third-order valence-electron chi connectivity index (χ3n) is 4.71. The number of hydrogen-bond donors (Lipinski definition) is 1. The Morgan fingerprint density at radius 3 is 2.47 bits per heavy atom. The number of carbonyl (C=O) groups excluding carboxylic acids is 1. The molecular formula is C24H27NO5. The maximum Gasteiger partial charge on any atom is 0.307 e. The van der Waals surface area contributed by atoms with Gasteiger partial charge in [-0.3, -0.25) is 14.2 Å². The van der Waals surface area contributed by atoms with Gasteiger partial charge in [0.25, 0.3) is 5.91 Å². The van der Waals surface area contributed by atoms with Crippen molar-refractivity contribution in [3.05, 3.63) is 65.4 Å². The molecule has 0 saturated heterocycles. The Labute approximate surface area is 176 Å². The molecule has 30 heavy (non-hydrogen) atoms. The van der Waals surface area contributed by atoms with Crippen LogP contribution in [-0.4, -0.2) is 41.4 Å². The van der Waals surface area contributed by atoms with Gasteiger partial charge in [-0.2, -0.15) is 0 Å². The number of rotatable bonds is 9. The molecule has 0 fully saturated rings. The highest BCUT2D eigenvalue weighted by Gasteiger charge is 2.17. The zero-order chi connectivity index (χ0) is 21.7. The number of fused-ring (bicyclic) bond motifs is 1. The van der Waals surface area contributed by atoms with Gasteiger partial charge in [0.15, 0.2) is 0 Å². The summed E-state index contributed by atoms with van der Waals surface area (Å²) in [6.07, 6.45) is -0.0814. The SMILES string of the molecule is Cc1cc2c(CC(=O)O)cccc2n1C(=O)c1ccc(OCCOCC(C)C)cc1. The first-order valence-electron chi connectivity index (χ1n) is 10.0. The molecule has 0 bridgehead atoms. The number of nitrogens with zero attached hydrogens (tertiary/aromatic N) is 1. The van der Waals surface area contributed by atoms with Crippen molar-refractivity contribution in [1.29, 1.82) is 0 Å². The van der Waals surface area contributed by atoms with Crippen molar-refractivity contribution >= 4 is 22.8 Å². The van der Waals surface area contributed by atoms with E-state index in [2.05, 4.69) is 13.8 Å². The van der Waals surface area contributed by atoms with Crippen LogP contribution >= 0.6 is 0 Å². The van der Waals surface area contributed by atoms with E-state index in [9.17, 15) is 9.59 Å². The Morgan fingerprint density at radius 2 is 1.80 bits per heavy atom. The van der Waals surface area contributed by atoms with Crippen LogP contribution in [0.25, 0.3) is 10.9 Å². The van der Waals surface area contributed by atoms with Crippen molar-refractivity contribution in [2.45, 2.75) is 27.2 Å². The van der Waals surface area contributed by atoms with Gasteiger partial charge in [0.1, 0.15) is 12.4 Å². The van der Waals surface area contributed by atoms with E-state index in [0.717, 1.165) is 11.1 Å². The van der Waals surface area contributed by atoms with Gasteiger partial charge in [-0.25, -0.2) is 0 Å². The molecule has 158 valence electrons. The zero-order valence-corrected chi connectivity index (χ0v) is 17.6. The number of aliphatic carboxylic acids is 1. The number of carbonyl (C=O) groups is 2. The van der Waals surface area contributed by atoms with E-state index in [-0.39, 0.29) is 12.3 Å². The maximum atomic E-state index is 13.1. The average molecular weight is 409 g/mol. The molecule has 3 rings (SSSR count). The highest BCUT2D eigenvalue weighted by molar-refractivity contribution is 6.04. The van der Waals surface area contributed by atoms with Gasteiger partial charge in [-0.1, -0.05) is 26.0 Å². The van der Waals surface area contributed by atoms with Crippen LogP contribution in [0, 0.1) is 12.8 Å². The smallest absolute Gasteiger partial charge is 0.307 e. The van der Waals surface area contributed by atoms with Crippen molar-refractivity contribution < 1.29 is 24.2 Å². The summed E-state index contributed by atoms with van der Waals surface area (Å²) in [5, 5.41) is 9.92. The average Bonchev–Trinajstić information content (AvgIpc) is 3.04. The van der Waals surface area contributed by atoms with Gasteiger partial charge in [-0.15, -0.1) is 0 Å². The van der Waals surface area contributed by atoms with Crippen molar-refractivity contribution in [3.63, 3.8) is 0 Å². The molecule has 3 aromatic rings. The Kier molecular flexibility index (Phi) is 6.90. The van der Waals surface area contributed by atoms with Gasteiger partial charge >= 0.3 is 5.97 Å². The summed E-state index contributed by atoms with van der Waals surface area (Å²) >= 11 is 0. The second-order valence-electron chi connectivity index (χ2n) is 7.69. The molecule has 1 heterocycles. The molecule has 6 nitrogen and oxygen atoms in total. The number of benzene rings is 2. The monoisotopic (exact) mass is 409 g/mol. The van der Waals surface area contributed by atoms with E-state index in [0.29, 0.717) is 48.1 Å². The molecule has 0 atom stereocenters. The van der Waals surface area contributed by atoms with Crippen LogP contribution in [0.3, 0.4) is 0 Å². The van der Waals surface area contributed by atoms with Crippen LogP contribution in [-0.2, 0) is 16.0 Å². The van der Waals surface area contributed by atoms with E-state index < -0.39 is 5.97 Å². The summed E-state index contributed by atoms with van der Waals surface area (Å²) in [5.41, 5.74) is 2.69. The standard InChI is InChI=1S/C24H27NO5/c1-16(2)15-29-11-12-30-20-9-7-18(8-10-20)24(28)25-17(3)13-21-19(14-23(26)27)5-4-6-22(21)25/h4-10,13,16H,11-12,14-15H2,1-3H3,(H,26,27). The highest BCUT2D eigenvalue weighted by Crippen LogP contribution is 2.25. The Morgan fingerprint density at radius 1 is 1.07 bits per heavy atom. The van der Waals surface area contributed by atoms with Gasteiger partial charge in [0.05, 0.1) is 18.5 Å². The molecule has 0 saturated carbocycles. The molecule has 0 aliphatic heterocycles. The molecule has 0 radical (unpaired) electrons. The number of hydrogen-bond acceptors (Lipinski definition) is 4. The van der Waals surface area contributed by atoms with E-state index in [1.54, 1.807) is 41.0 Å². The summed E-state index contributed by atoms with van der Waals surface area (Å²) in [5.74, 6) is 0.104. The fourth-order valence-electron chi connectivity index (χ4n) is 3.37. The zero-order valence-electron chi connectivity index (χ0n) is 17.6. The van der Waals surface area contributed by atoms with Crippen molar-refractivity contribution in [1.82, 2.24) is 4.57 Å². The molecule has 0 spiro atoms. The molecule has 0 unspecified atom stereocenters. The molecular weight excluding hydrogens is 382 g/mol. The predicted molar refractivity (Wildman–Crippen MR) is 115 cm³/mol. The summed E-state index contributed by atoms with van der Waals surface area (Å²) in [4.78, 5) is 24.3. The van der Waals surface area contributed by atoms with Crippen LogP contribution in [0.5, 0.6) is 5.75 Å². The Balaban J connectivity index is 1.74. The highest BCUT2D eigenvalue weighted by atomic mass is 16.5. The molecule has 2 aromatic carbocycles. The number of ether oxygens (including phenoxy) is 2. The minimum atomic E-state index is -0.899. The number of aromatic nitrogens is 1. The topological polar surface area (TPSA) is 77.8 Å². The lowest BCUT2D eigenvalue weighted by Crippen LogP contribution is -2.13. The fourth-order valence-corrected chi connectivity index (χ4v) is 3.37.